The van der Waals surface area contributed by atoms with Crippen molar-refractivity contribution in [2.75, 3.05) is 13.7 Å². The Hall–Kier alpha value is -1.48. The highest BCUT2D eigenvalue weighted by Gasteiger charge is 2.09. The number of aliphatic hydroxyl groups is 1. The number of ether oxygens (including phenoxy) is 2. The number of rotatable bonds is 5. The molecule has 88 valence electrons. The predicted octanol–water partition coefficient (Wildman–Crippen LogP) is 2.49. The zero-order chi connectivity index (χ0) is 12.0. The molecular formula is C13H18O3. The van der Waals surface area contributed by atoms with Crippen molar-refractivity contribution in [3.63, 3.8) is 0 Å². The van der Waals surface area contributed by atoms with Crippen molar-refractivity contribution < 1.29 is 14.6 Å². The van der Waals surface area contributed by atoms with E-state index in [2.05, 4.69) is 0 Å². The average Bonchev–Trinajstić information content (AvgIpc) is 2.27. The molecule has 0 radical (unpaired) electrons. The second-order valence-corrected chi connectivity index (χ2v) is 3.63. The van der Waals surface area contributed by atoms with Crippen molar-refractivity contribution in [3.8, 4) is 11.5 Å². The van der Waals surface area contributed by atoms with Crippen molar-refractivity contribution in [1.29, 1.82) is 0 Å². The fraction of sp³-hybridized carbons (Fsp3) is 0.385. The maximum atomic E-state index is 8.77. The standard InChI is InChI=1S/C13H18O3/c1-10(2)16-13-11(7-5-9-14)6-4-8-12(13)15-3/h4-8,10,14H,9H2,1-3H3. The zero-order valence-electron chi connectivity index (χ0n) is 9.93. The summed E-state index contributed by atoms with van der Waals surface area (Å²) < 4.78 is 11.0. The first-order chi connectivity index (χ1) is 7.69. The first-order valence-corrected chi connectivity index (χ1v) is 5.30. The number of methoxy groups -OCH3 is 1. The lowest BCUT2D eigenvalue weighted by atomic mass is 10.1. The van der Waals surface area contributed by atoms with Crippen LogP contribution in [0.2, 0.25) is 0 Å². The van der Waals surface area contributed by atoms with E-state index in [1.807, 2.05) is 38.1 Å². The van der Waals surface area contributed by atoms with E-state index < -0.39 is 0 Å². The minimum absolute atomic E-state index is 0.0122. The highest BCUT2D eigenvalue weighted by atomic mass is 16.5. The van der Waals surface area contributed by atoms with E-state index in [9.17, 15) is 0 Å². The minimum Gasteiger partial charge on any atom is -0.493 e. The normalized spacial score (nSPS) is 11.1. The summed E-state index contributed by atoms with van der Waals surface area (Å²) in [5.41, 5.74) is 0.905. The average molecular weight is 222 g/mol. The molecule has 0 heterocycles. The van der Waals surface area contributed by atoms with Gasteiger partial charge in [-0.3, -0.25) is 0 Å². The van der Waals surface area contributed by atoms with E-state index in [1.165, 1.54) is 0 Å². The minimum atomic E-state index is 0.0122. The Morgan fingerprint density at radius 3 is 2.69 bits per heavy atom. The van der Waals surface area contributed by atoms with Gasteiger partial charge in [-0.15, -0.1) is 0 Å². The van der Waals surface area contributed by atoms with Gasteiger partial charge in [0.15, 0.2) is 11.5 Å². The summed E-state index contributed by atoms with van der Waals surface area (Å²) in [5, 5.41) is 8.77. The quantitative estimate of drug-likeness (QED) is 0.831. The van der Waals surface area contributed by atoms with E-state index >= 15 is 0 Å². The molecule has 1 aromatic carbocycles. The van der Waals surface area contributed by atoms with Gasteiger partial charge in [-0.1, -0.05) is 24.3 Å². The summed E-state index contributed by atoms with van der Waals surface area (Å²) in [7, 11) is 1.61. The van der Waals surface area contributed by atoms with Gasteiger partial charge < -0.3 is 14.6 Å². The molecule has 3 nitrogen and oxygen atoms in total. The fourth-order valence-electron chi connectivity index (χ4n) is 1.37. The second kappa shape index (κ2) is 6.18. The van der Waals surface area contributed by atoms with E-state index in [0.29, 0.717) is 11.5 Å². The third kappa shape index (κ3) is 3.28. The number of hydrogen-bond donors (Lipinski definition) is 1. The molecule has 0 atom stereocenters. The molecule has 0 fully saturated rings. The number of aliphatic hydroxyl groups excluding tert-OH is 1. The lowest BCUT2D eigenvalue weighted by molar-refractivity contribution is 0.229. The van der Waals surface area contributed by atoms with Crippen LogP contribution in [0.4, 0.5) is 0 Å². The molecule has 0 aliphatic carbocycles. The topological polar surface area (TPSA) is 38.7 Å². The molecule has 0 aliphatic rings. The molecule has 0 spiro atoms. The summed E-state index contributed by atoms with van der Waals surface area (Å²) in [6.07, 6.45) is 3.57. The Kier molecular flexibility index (Phi) is 4.86. The molecule has 1 rings (SSSR count). The molecule has 3 heteroatoms. The van der Waals surface area contributed by atoms with Gasteiger partial charge in [-0.2, -0.15) is 0 Å². The van der Waals surface area contributed by atoms with Gasteiger partial charge in [0, 0.05) is 5.56 Å². The van der Waals surface area contributed by atoms with Crippen LogP contribution in [0.5, 0.6) is 11.5 Å². The van der Waals surface area contributed by atoms with E-state index in [-0.39, 0.29) is 12.7 Å². The SMILES string of the molecule is COc1cccc(C=CCO)c1OC(C)C. The van der Waals surface area contributed by atoms with Gasteiger partial charge >= 0.3 is 0 Å². The zero-order valence-corrected chi connectivity index (χ0v) is 9.93. The van der Waals surface area contributed by atoms with Gasteiger partial charge in [-0.05, 0) is 19.9 Å². The maximum absolute atomic E-state index is 8.77. The van der Waals surface area contributed by atoms with E-state index in [4.69, 9.17) is 14.6 Å². The molecule has 1 N–H and O–H groups in total. The Morgan fingerprint density at radius 1 is 1.38 bits per heavy atom. The van der Waals surface area contributed by atoms with E-state index in [1.54, 1.807) is 13.2 Å². The maximum Gasteiger partial charge on any atom is 0.168 e. The van der Waals surface area contributed by atoms with Crippen LogP contribution >= 0.6 is 0 Å². The molecular weight excluding hydrogens is 204 g/mol. The van der Waals surface area contributed by atoms with Crippen molar-refractivity contribution in [2.45, 2.75) is 20.0 Å². The van der Waals surface area contributed by atoms with Gasteiger partial charge in [0.05, 0.1) is 19.8 Å². The summed E-state index contributed by atoms with van der Waals surface area (Å²) >= 11 is 0. The highest BCUT2D eigenvalue weighted by molar-refractivity contribution is 5.62. The molecule has 0 aliphatic heterocycles. The first kappa shape index (κ1) is 12.6. The molecule has 0 amide bonds. The molecule has 0 bridgehead atoms. The van der Waals surface area contributed by atoms with Crippen LogP contribution < -0.4 is 9.47 Å². The van der Waals surface area contributed by atoms with Gasteiger partial charge in [0.1, 0.15) is 0 Å². The van der Waals surface area contributed by atoms with Crippen LogP contribution in [-0.2, 0) is 0 Å². The van der Waals surface area contributed by atoms with Gasteiger partial charge in [-0.25, -0.2) is 0 Å². The highest BCUT2D eigenvalue weighted by Crippen LogP contribution is 2.32. The molecule has 16 heavy (non-hydrogen) atoms. The number of para-hydroxylation sites is 1. The molecule has 0 saturated carbocycles. The molecule has 0 unspecified atom stereocenters. The third-order valence-corrected chi connectivity index (χ3v) is 1.99. The van der Waals surface area contributed by atoms with Crippen LogP contribution in [0.1, 0.15) is 19.4 Å². The van der Waals surface area contributed by atoms with Crippen molar-refractivity contribution in [2.24, 2.45) is 0 Å². The largest absolute Gasteiger partial charge is 0.493 e. The van der Waals surface area contributed by atoms with Crippen molar-refractivity contribution >= 4 is 6.08 Å². The first-order valence-electron chi connectivity index (χ1n) is 5.30. The van der Waals surface area contributed by atoms with Gasteiger partial charge in [0.25, 0.3) is 0 Å². The van der Waals surface area contributed by atoms with E-state index in [0.717, 1.165) is 5.56 Å². The monoisotopic (exact) mass is 222 g/mol. The predicted molar refractivity (Wildman–Crippen MR) is 64.9 cm³/mol. The Labute approximate surface area is 96.3 Å². The molecule has 0 saturated heterocycles. The Balaban J connectivity index is 3.09. The smallest absolute Gasteiger partial charge is 0.168 e. The van der Waals surface area contributed by atoms with Crippen LogP contribution in [0.15, 0.2) is 24.3 Å². The Bertz CT molecular complexity index is 356. The summed E-state index contributed by atoms with van der Waals surface area (Å²) in [6, 6.07) is 5.67. The van der Waals surface area contributed by atoms with Crippen LogP contribution in [0.25, 0.3) is 6.08 Å². The molecule has 0 aromatic heterocycles. The fourth-order valence-corrected chi connectivity index (χ4v) is 1.37. The van der Waals surface area contributed by atoms with Crippen molar-refractivity contribution in [1.82, 2.24) is 0 Å². The lowest BCUT2D eigenvalue weighted by Gasteiger charge is -2.15. The Morgan fingerprint density at radius 2 is 2.12 bits per heavy atom. The number of benzene rings is 1. The second-order valence-electron chi connectivity index (χ2n) is 3.63. The molecule has 1 aromatic rings. The van der Waals surface area contributed by atoms with Crippen LogP contribution in [-0.4, -0.2) is 24.9 Å². The summed E-state index contributed by atoms with van der Waals surface area (Å²) in [4.78, 5) is 0. The van der Waals surface area contributed by atoms with Crippen molar-refractivity contribution in [3.05, 3.63) is 29.8 Å². The summed E-state index contributed by atoms with van der Waals surface area (Å²) in [6.45, 7) is 3.94. The third-order valence-electron chi connectivity index (χ3n) is 1.99. The summed E-state index contributed by atoms with van der Waals surface area (Å²) in [5.74, 6) is 1.42. The lowest BCUT2D eigenvalue weighted by Crippen LogP contribution is -2.07. The van der Waals surface area contributed by atoms with Gasteiger partial charge in [0.2, 0.25) is 0 Å². The van der Waals surface area contributed by atoms with Crippen LogP contribution in [0, 0.1) is 0 Å². The number of hydrogen-bond acceptors (Lipinski definition) is 3. The van der Waals surface area contributed by atoms with Crippen LogP contribution in [0.3, 0.4) is 0 Å².